The molecule has 6 aromatic rings. The summed E-state index contributed by atoms with van der Waals surface area (Å²) in [5, 5.41) is 88.1. The minimum Gasteiger partial charge on any atom is -0.508 e. The number of H-pyrrole nitrogens is 2. The molecule has 37 nitrogen and oxygen atoms in total. The second kappa shape index (κ2) is 45.4. The first-order chi connectivity index (χ1) is 53.5. The zero-order valence-electron chi connectivity index (χ0n) is 63.0. The van der Waals surface area contributed by atoms with Crippen LogP contribution in [0.15, 0.2) is 109 Å². The highest BCUT2D eigenvalue weighted by Crippen LogP contribution is 2.22. The van der Waals surface area contributed by atoms with Crippen molar-refractivity contribution >= 4 is 105 Å². The molecule has 2 aromatic heterocycles. The lowest BCUT2D eigenvalue weighted by molar-refractivity contribution is -0.135. The van der Waals surface area contributed by atoms with Crippen LogP contribution in [0.5, 0.6) is 11.5 Å². The molecule has 2 heterocycles. The fourth-order valence-electron chi connectivity index (χ4n) is 12.5. The zero-order chi connectivity index (χ0) is 81.8. The van der Waals surface area contributed by atoms with E-state index in [9.17, 15) is 48.6 Å². The predicted molar refractivity (Wildman–Crippen MR) is 423 cm³/mol. The maximum absolute atomic E-state index is 15.2. The summed E-state index contributed by atoms with van der Waals surface area (Å²) in [7, 11) is 0. The monoisotopic (exact) mass is 1550 g/mol. The van der Waals surface area contributed by atoms with Gasteiger partial charge >= 0.3 is 0 Å². The van der Waals surface area contributed by atoms with Crippen LogP contribution in [-0.4, -0.2) is 196 Å². The van der Waals surface area contributed by atoms with E-state index in [4.69, 9.17) is 56.0 Å². The summed E-state index contributed by atoms with van der Waals surface area (Å²) < 4.78 is 0. The Hall–Kier alpha value is -12.5. The van der Waals surface area contributed by atoms with Crippen LogP contribution in [0.4, 0.5) is 0 Å². The third-order valence-corrected chi connectivity index (χ3v) is 18.4. The molecule has 9 amide bonds. The standard InChI is InChI=1S/C75H109N25O12/c1-3-13-53(94-67(108)55(19-9-31-86-72(78)79)93-64(105)50(76)37-44-39-90-51-17-7-5-15-48(44)51)65(106)96-57(21-11-33-88-74(82)83)69(110)99-59(35-42-23-27-46(101)28-24-42)62(103)41-92-61(38-45-40-91-52-18-8-6-16-49(45)52)71(112)98-56(20-10-32-87-73(80)81)68(109)95-54(14-4-2)66(107)97-58(22-12-34-89-75(84)85)70(111)100-60(63(77)104)36-43-25-29-47(102)30-26-43/h5-8,15-18,23-30,39-40,50,53-61,90-92,101-102H,3-4,9-14,19-22,31-38,41,76H2,1-2H3,(H2,77,104)(H,93,105)(H,94,108)(H,95,109)(H,96,106)(H,97,107)(H,98,112)(H,99,110)(H,100,111)(H4,78,79,86)(H4,80,81,87)(H4,82,83,88)(H4,84,85,89)/t50-,53-,54-,55-,56-,57-,58-,59-,60-,61-/m0/s1. The normalized spacial score (nSPS) is 13.8. The molecule has 33 N–H and O–H groups in total. The molecular weight excluding hydrogens is 1440 g/mol. The number of phenolic OH excluding ortho intramolecular Hbond substituents is 2. The van der Waals surface area contributed by atoms with Gasteiger partial charge in [0.1, 0.15) is 53.8 Å². The van der Waals surface area contributed by atoms with E-state index >= 15 is 9.59 Å². The summed E-state index contributed by atoms with van der Waals surface area (Å²) in [6.45, 7) is 3.27. The van der Waals surface area contributed by atoms with Crippen molar-refractivity contribution in [1.82, 2.24) is 79.1 Å². The van der Waals surface area contributed by atoms with Crippen LogP contribution in [0.3, 0.4) is 0 Å². The van der Waals surface area contributed by atoms with Crippen molar-refractivity contribution in [1.29, 1.82) is 21.6 Å². The number of guanidine groups is 4. The number of primary amides is 1. The van der Waals surface area contributed by atoms with Gasteiger partial charge in [0.25, 0.3) is 0 Å². The Labute approximate surface area is 648 Å². The number of hydrogen-bond acceptors (Lipinski definition) is 18. The van der Waals surface area contributed by atoms with E-state index < -0.39 is 126 Å². The highest BCUT2D eigenvalue weighted by atomic mass is 16.3. The summed E-state index contributed by atoms with van der Waals surface area (Å²) in [6, 6.07) is 13.1. The summed E-state index contributed by atoms with van der Waals surface area (Å²) in [4.78, 5) is 151. The maximum atomic E-state index is 15.2. The molecule has 37 heteroatoms. The second-order valence-corrected chi connectivity index (χ2v) is 27.3. The molecule has 0 aliphatic carbocycles. The van der Waals surface area contributed by atoms with Gasteiger partial charge in [0.15, 0.2) is 29.6 Å². The number of aromatic nitrogens is 2. The van der Waals surface area contributed by atoms with E-state index in [1.165, 1.54) is 36.4 Å². The molecule has 112 heavy (non-hydrogen) atoms. The SMILES string of the molecule is CCC[C@H](NC(=O)[C@H](CCCNC(=N)N)NC(=O)[C@H](Cc1c[nH]c2ccccc12)NCC(=O)[C@H](Cc1ccc(O)cc1)NC(=O)[C@H](CCCNC(=N)N)NC(=O)[C@H](CCC)NC(=O)[C@H](CCCNC(=N)N)NC(=O)[C@@H](N)Cc1c[nH]c2ccccc12)C(=O)N[C@@H](CCCNC(=N)N)C(=O)N[C@@H](Cc1ccc(O)cc1)C(N)=O. The van der Waals surface area contributed by atoms with Crippen LogP contribution < -0.4 is 104 Å². The van der Waals surface area contributed by atoms with Crippen molar-refractivity contribution in [2.75, 3.05) is 32.7 Å². The first-order valence-electron chi connectivity index (χ1n) is 37.2. The molecule has 0 unspecified atom stereocenters. The molecule has 6 rings (SSSR count). The van der Waals surface area contributed by atoms with Crippen molar-refractivity contribution in [2.45, 2.75) is 177 Å². The van der Waals surface area contributed by atoms with Gasteiger partial charge in [0, 0.05) is 66.8 Å². The van der Waals surface area contributed by atoms with Gasteiger partial charge in [-0.1, -0.05) is 87.4 Å². The molecule has 0 saturated carbocycles. The second-order valence-electron chi connectivity index (χ2n) is 27.3. The van der Waals surface area contributed by atoms with Crippen LogP contribution in [0.1, 0.15) is 113 Å². The van der Waals surface area contributed by atoms with Crippen molar-refractivity contribution in [3.63, 3.8) is 0 Å². The average Bonchev–Trinajstić information content (AvgIpc) is 1.66. The number of para-hydroxylation sites is 2. The first kappa shape index (κ1) is 88.4. The molecule has 0 aliphatic heterocycles. The average molecular weight is 1550 g/mol. The van der Waals surface area contributed by atoms with E-state index in [0.29, 0.717) is 40.4 Å². The van der Waals surface area contributed by atoms with Gasteiger partial charge in [0.2, 0.25) is 53.2 Å². The quantitative estimate of drug-likeness (QED) is 0.0114. The lowest BCUT2D eigenvalue weighted by Crippen LogP contribution is -2.60. The summed E-state index contributed by atoms with van der Waals surface area (Å²) in [6.07, 6.45) is 4.25. The first-order valence-corrected chi connectivity index (χ1v) is 37.2. The number of carbonyl (C=O) groups is 10. The molecule has 0 radical (unpaired) electrons. The van der Waals surface area contributed by atoms with E-state index in [0.717, 1.165) is 16.5 Å². The zero-order valence-corrected chi connectivity index (χ0v) is 63.0. The summed E-state index contributed by atoms with van der Waals surface area (Å²) in [5.74, 6) is -9.49. The number of fused-ring (bicyclic) bond motifs is 2. The van der Waals surface area contributed by atoms with Gasteiger partial charge in [-0.05, 0) is 142 Å². The minimum absolute atomic E-state index is 0.0133. The molecule has 0 spiro atoms. The number of carbonyl (C=O) groups excluding carboxylic acids is 10. The Balaban J connectivity index is 1.26. The van der Waals surface area contributed by atoms with Crippen LogP contribution in [0.2, 0.25) is 0 Å². The minimum atomic E-state index is -1.43. The van der Waals surface area contributed by atoms with E-state index in [2.05, 4.69) is 79.1 Å². The number of hydrogen-bond donors (Lipinski definition) is 27. The third kappa shape index (κ3) is 29.8. The molecule has 10 atom stereocenters. The number of Topliss-reactive ketones (excluding diaryl/α,β-unsaturated/α-hetero) is 1. The van der Waals surface area contributed by atoms with Gasteiger partial charge in [0.05, 0.1) is 24.7 Å². The van der Waals surface area contributed by atoms with Gasteiger partial charge in [-0.3, -0.25) is 74.9 Å². The molecule has 0 fully saturated rings. The topological polar surface area (TPSA) is 651 Å². The molecule has 0 saturated heterocycles. The number of aromatic hydroxyl groups is 2. The Morgan fingerprint density at radius 3 is 1.03 bits per heavy atom. The Morgan fingerprint density at radius 2 is 0.679 bits per heavy atom. The van der Waals surface area contributed by atoms with Crippen molar-refractivity contribution in [3.05, 3.63) is 132 Å². The number of amides is 9. The third-order valence-electron chi connectivity index (χ3n) is 18.4. The molecule has 0 bridgehead atoms. The Morgan fingerprint density at radius 1 is 0.375 bits per heavy atom. The van der Waals surface area contributed by atoms with Crippen molar-refractivity contribution in [2.24, 2.45) is 34.4 Å². The van der Waals surface area contributed by atoms with Crippen molar-refractivity contribution in [3.8, 4) is 11.5 Å². The number of ketones is 1. The molecule has 606 valence electrons. The highest BCUT2D eigenvalue weighted by Gasteiger charge is 2.36. The van der Waals surface area contributed by atoms with Crippen LogP contribution >= 0.6 is 0 Å². The predicted octanol–water partition coefficient (Wildman–Crippen LogP) is -1.80. The van der Waals surface area contributed by atoms with Gasteiger partial charge in [-0.25, -0.2) is 0 Å². The maximum Gasteiger partial charge on any atom is 0.243 e. The lowest BCUT2D eigenvalue weighted by atomic mass is 9.99. The number of benzene rings is 4. The number of nitrogens with two attached hydrogens (primary N) is 6. The fraction of sp³-hybridized carbons (Fsp3) is 0.440. The van der Waals surface area contributed by atoms with Gasteiger partial charge in [-0.15, -0.1) is 0 Å². The molecule has 4 aromatic carbocycles. The largest absolute Gasteiger partial charge is 0.508 e. The van der Waals surface area contributed by atoms with E-state index in [1.807, 2.05) is 36.4 Å². The van der Waals surface area contributed by atoms with Crippen LogP contribution in [-0.2, 0) is 73.6 Å². The van der Waals surface area contributed by atoms with Gasteiger partial charge in [-0.2, -0.15) is 0 Å². The van der Waals surface area contributed by atoms with E-state index in [-0.39, 0.29) is 151 Å². The number of nitrogens with one attached hydrogen (secondary N) is 19. The number of aromatic amines is 2. The molecule has 0 aliphatic rings. The van der Waals surface area contributed by atoms with Crippen molar-refractivity contribution < 1.29 is 58.2 Å². The van der Waals surface area contributed by atoms with E-state index in [1.54, 1.807) is 50.5 Å². The number of rotatable bonds is 49. The fourth-order valence-corrected chi connectivity index (χ4v) is 12.5. The lowest BCUT2D eigenvalue weighted by Gasteiger charge is -2.28. The van der Waals surface area contributed by atoms with Crippen LogP contribution in [0, 0.1) is 21.6 Å². The van der Waals surface area contributed by atoms with Crippen LogP contribution in [0.25, 0.3) is 21.8 Å². The Kier molecular flexibility index (Phi) is 35.9. The Bertz CT molecular complexity index is 4190. The molecular formula is C75H109N25O12. The number of phenols is 2. The summed E-state index contributed by atoms with van der Waals surface area (Å²) in [5.41, 5.74) is 38.4. The smallest absolute Gasteiger partial charge is 0.243 e. The van der Waals surface area contributed by atoms with Gasteiger partial charge < -0.3 is 118 Å². The summed E-state index contributed by atoms with van der Waals surface area (Å²) >= 11 is 0. The highest BCUT2D eigenvalue weighted by molar-refractivity contribution is 5.99.